The van der Waals surface area contributed by atoms with Gasteiger partial charge < -0.3 is 14.7 Å². The molecule has 1 amide bonds. The van der Waals surface area contributed by atoms with Gasteiger partial charge in [-0.2, -0.15) is 0 Å². The fourth-order valence-corrected chi connectivity index (χ4v) is 10.1. The first-order valence-electron chi connectivity index (χ1n) is 10.1. The number of amides is 1. The van der Waals surface area contributed by atoms with Crippen LogP contribution < -0.4 is 0 Å². The predicted octanol–water partition coefficient (Wildman–Crippen LogP) is 2.12. The van der Waals surface area contributed by atoms with Gasteiger partial charge in [-0.3, -0.25) is 4.79 Å². The molecule has 134 valence electrons. The van der Waals surface area contributed by atoms with Crippen molar-refractivity contribution < 1.29 is 19.4 Å². The summed E-state index contributed by atoms with van der Waals surface area (Å²) in [5.74, 6) is 0.615. The number of hydrogen-bond donors (Lipinski definition) is 1. The fraction of sp³-hybridized carbons (Fsp3) is 0.900. The molecule has 4 unspecified atom stereocenters. The second-order valence-electron chi connectivity index (χ2n) is 10.6. The number of ether oxygens (including phenoxy) is 1. The molecule has 6 aliphatic carbocycles. The number of aliphatic hydroxyl groups is 1. The summed E-state index contributed by atoms with van der Waals surface area (Å²) in [5.41, 5.74) is -0.682. The lowest BCUT2D eigenvalue weighted by Crippen LogP contribution is -2.69. The van der Waals surface area contributed by atoms with Gasteiger partial charge in [-0.25, -0.2) is 4.79 Å². The van der Waals surface area contributed by atoms with E-state index in [0.717, 1.165) is 25.8 Å². The molecule has 0 aromatic carbocycles. The molecule has 0 aromatic rings. The average Bonchev–Trinajstić information content (AvgIpc) is 2.85. The molecular weight excluding hydrogens is 318 g/mol. The third-order valence-electron chi connectivity index (χ3n) is 10.2. The molecule has 2 saturated heterocycles. The van der Waals surface area contributed by atoms with Gasteiger partial charge in [-0.15, -0.1) is 0 Å². The number of ketones is 1. The van der Waals surface area contributed by atoms with E-state index in [9.17, 15) is 14.7 Å². The predicted molar refractivity (Wildman–Crippen MR) is 86.5 cm³/mol. The molecule has 1 N–H and O–H groups in total. The van der Waals surface area contributed by atoms with Gasteiger partial charge in [0.05, 0.1) is 12.1 Å². The number of nitrogens with zero attached hydrogens (tertiary/aromatic N) is 1. The highest BCUT2D eigenvalue weighted by atomic mass is 16.6. The zero-order chi connectivity index (χ0) is 17.0. The number of rotatable bonds is 0. The smallest absolute Gasteiger partial charge is 0.410 e. The Morgan fingerprint density at radius 3 is 2.92 bits per heavy atom. The highest BCUT2D eigenvalue weighted by molar-refractivity contribution is 5.87. The van der Waals surface area contributed by atoms with Crippen LogP contribution in [0.4, 0.5) is 4.79 Å². The lowest BCUT2D eigenvalue weighted by molar-refractivity contribution is -0.234. The van der Waals surface area contributed by atoms with E-state index in [-0.39, 0.29) is 46.0 Å². The van der Waals surface area contributed by atoms with E-state index in [1.54, 1.807) is 0 Å². The van der Waals surface area contributed by atoms with Crippen LogP contribution in [0.2, 0.25) is 0 Å². The van der Waals surface area contributed by atoms with Crippen molar-refractivity contribution in [1.29, 1.82) is 0 Å². The number of Topliss-reactive ketones (excluding diaryl/α,β-unsaturated/α-hetero) is 1. The molecule has 6 saturated carbocycles. The van der Waals surface area contributed by atoms with Crippen molar-refractivity contribution in [3.63, 3.8) is 0 Å². The van der Waals surface area contributed by atoms with Crippen molar-refractivity contribution in [2.75, 3.05) is 6.54 Å². The molecule has 25 heavy (non-hydrogen) atoms. The molecule has 8 aliphatic rings. The summed E-state index contributed by atoms with van der Waals surface area (Å²) in [6.45, 7) is 3.17. The van der Waals surface area contributed by atoms with Gasteiger partial charge in [0.25, 0.3) is 0 Å². The Hall–Kier alpha value is -1.10. The van der Waals surface area contributed by atoms with Crippen LogP contribution in [0.3, 0.4) is 0 Å². The Morgan fingerprint density at radius 2 is 2.08 bits per heavy atom. The molecule has 0 aromatic heterocycles. The van der Waals surface area contributed by atoms with E-state index in [0.29, 0.717) is 18.8 Å². The molecule has 6 bridgehead atoms. The Kier molecular flexibility index (Phi) is 1.97. The molecule has 0 radical (unpaired) electrons. The molecular formula is C20H25NO4. The van der Waals surface area contributed by atoms with E-state index >= 15 is 0 Å². The first-order valence-corrected chi connectivity index (χ1v) is 10.1. The maximum absolute atomic E-state index is 12.9. The van der Waals surface area contributed by atoms with E-state index in [2.05, 4.69) is 11.8 Å². The van der Waals surface area contributed by atoms with Gasteiger partial charge in [-0.1, -0.05) is 13.3 Å². The molecule has 8 rings (SSSR count). The van der Waals surface area contributed by atoms with Gasteiger partial charge in [0, 0.05) is 42.1 Å². The average molecular weight is 343 g/mol. The maximum atomic E-state index is 12.9. The minimum Gasteiger partial charge on any atom is -0.440 e. The third kappa shape index (κ3) is 1.04. The quantitative estimate of drug-likeness (QED) is 0.732. The maximum Gasteiger partial charge on any atom is 0.410 e. The molecule has 5 heteroatoms. The molecule has 2 heterocycles. The summed E-state index contributed by atoms with van der Waals surface area (Å²) in [7, 11) is 0. The summed E-state index contributed by atoms with van der Waals surface area (Å²) >= 11 is 0. The van der Waals surface area contributed by atoms with Gasteiger partial charge in [0.15, 0.2) is 0 Å². The standard InChI is InChI=1S/C20H25NO4/c1-17-4-2-5-19-12(17)3-6-18-8-11(22)10(13(23)14(18)19)7-20(18)15(19)21(9-17)16(24)25-20/h10,12-15,23H,2-9H2,1H3/t10-,12-,13?,14?,15?,17+,18+,19?,20+/m1/s1. The van der Waals surface area contributed by atoms with Crippen LogP contribution in [0.1, 0.15) is 51.9 Å². The summed E-state index contributed by atoms with van der Waals surface area (Å²) in [6, 6.07) is 0.103. The van der Waals surface area contributed by atoms with Crippen LogP contribution in [-0.4, -0.2) is 46.2 Å². The van der Waals surface area contributed by atoms with Crippen molar-refractivity contribution in [2.24, 2.45) is 34.0 Å². The van der Waals surface area contributed by atoms with Crippen molar-refractivity contribution in [1.82, 2.24) is 4.90 Å². The Balaban J connectivity index is 1.59. The number of piperidine rings is 1. The van der Waals surface area contributed by atoms with Crippen LogP contribution in [0, 0.1) is 34.0 Å². The van der Waals surface area contributed by atoms with Crippen LogP contribution >= 0.6 is 0 Å². The van der Waals surface area contributed by atoms with E-state index in [4.69, 9.17) is 4.74 Å². The van der Waals surface area contributed by atoms with Crippen LogP contribution in [-0.2, 0) is 9.53 Å². The Morgan fingerprint density at radius 1 is 1.24 bits per heavy atom. The van der Waals surface area contributed by atoms with Crippen LogP contribution in [0.5, 0.6) is 0 Å². The highest BCUT2D eigenvalue weighted by Crippen LogP contribution is 2.84. The molecule has 8 fully saturated rings. The first kappa shape index (κ1) is 14.0. The van der Waals surface area contributed by atoms with E-state index < -0.39 is 11.7 Å². The summed E-state index contributed by atoms with van der Waals surface area (Å²) < 4.78 is 6.28. The largest absolute Gasteiger partial charge is 0.440 e. The van der Waals surface area contributed by atoms with E-state index in [1.165, 1.54) is 12.8 Å². The van der Waals surface area contributed by atoms with Gasteiger partial charge in [0.1, 0.15) is 11.4 Å². The third-order valence-corrected chi connectivity index (χ3v) is 10.2. The molecule has 5 nitrogen and oxygen atoms in total. The van der Waals surface area contributed by atoms with Gasteiger partial charge in [0.2, 0.25) is 0 Å². The lowest BCUT2D eigenvalue weighted by atomic mass is 9.39. The molecule has 9 atom stereocenters. The number of aliphatic hydroxyl groups excluding tert-OH is 1. The normalized spacial score (nSPS) is 65.4. The van der Waals surface area contributed by atoms with Crippen molar-refractivity contribution in [3.05, 3.63) is 0 Å². The van der Waals surface area contributed by atoms with E-state index in [1.807, 2.05) is 0 Å². The molecule has 3 spiro atoms. The van der Waals surface area contributed by atoms with Crippen LogP contribution in [0.25, 0.3) is 0 Å². The topological polar surface area (TPSA) is 66.8 Å². The number of fused-ring (bicyclic) bond motifs is 1. The molecule has 2 aliphatic heterocycles. The second-order valence-corrected chi connectivity index (χ2v) is 10.6. The summed E-state index contributed by atoms with van der Waals surface area (Å²) in [4.78, 5) is 27.7. The number of carbonyl (C=O) groups is 2. The zero-order valence-electron chi connectivity index (χ0n) is 14.7. The van der Waals surface area contributed by atoms with Gasteiger partial charge in [-0.05, 0) is 37.0 Å². The minimum absolute atomic E-state index is 0.0233. The zero-order valence-corrected chi connectivity index (χ0v) is 14.7. The Bertz CT molecular complexity index is 767. The second kappa shape index (κ2) is 3.51. The summed E-state index contributed by atoms with van der Waals surface area (Å²) in [5, 5.41) is 11.3. The van der Waals surface area contributed by atoms with Gasteiger partial charge >= 0.3 is 6.09 Å². The number of hydrogen-bond acceptors (Lipinski definition) is 4. The Labute approximate surface area is 147 Å². The van der Waals surface area contributed by atoms with Crippen molar-refractivity contribution >= 4 is 11.9 Å². The monoisotopic (exact) mass is 343 g/mol. The minimum atomic E-state index is -0.527. The lowest BCUT2D eigenvalue weighted by Gasteiger charge is -2.67. The van der Waals surface area contributed by atoms with Crippen molar-refractivity contribution in [2.45, 2.75) is 69.6 Å². The highest BCUT2D eigenvalue weighted by Gasteiger charge is 2.91. The first-order chi connectivity index (χ1) is 11.9. The van der Waals surface area contributed by atoms with Crippen LogP contribution in [0.15, 0.2) is 0 Å². The van der Waals surface area contributed by atoms with Crippen molar-refractivity contribution in [3.8, 4) is 0 Å². The fourth-order valence-electron chi connectivity index (χ4n) is 10.1. The SMILES string of the molecule is C[C@]12CCCC34C5C(O)[C@@H]6C[C@@]7(OC(=O)N(C1)C37)[C@@]5(CC[C@@H]42)CC6=O. The number of carbonyl (C=O) groups excluding carboxylic acids is 2. The summed E-state index contributed by atoms with van der Waals surface area (Å²) in [6.07, 6.45) is 5.96.